The molecule has 0 saturated carbocycles. The van der Waals surface area contributed by atoms with Gasteiger partial charge in [-0.25, -0.2) is 5.43 Å². The minimum atomic E-state index is 1.04. The average Bonchev–Trinajstić information content (AvgIpc) is 2.03. The molecule has 0 aromatic carbocycles. The Morgan fingerprint density at radius 3 is 2.27 bits per heavy atom. The van der Waals surface area contributed by atoms with Crippen LogP contribution >= 0.6 is 0 Å². The lowest BCUT2D eigenvalue weighted by molar-refractivity contribution is 0.530. The Kier molecular flexibility index (Phi) is 9.85. The van der Waals surface area contributed by atoms with E-state index in [1.165, 1.54) is 38.5 Å². The number of rotatable bonds is 8. The van der Waals surface area contributed by atoms with Gasteiger partial charge in [-0.1, -0.05) is 39.0 Å². The Bertz CT molecular complexity index is 56.6. The van der Waals surface area contributed by atoms with Gasteiger partial charge in [0.15, 0.2) is 0 Å². The summed E-state index contributed by atoms with van der Waals surface area (Å²) >= 11 is 0. The SMILES string of the molecule is CCCCCCCCN[N]C. The number of hydrogen-bond acceptors (Lipinski definition) is 1. The Morgan fingerprint density at radius 2 is 1.64 bits per heavy atom. The van der Waals surface area contributed by atoms with Gasteiger partial charge < -0.3 is 0 Å². The Hall–Kier alpha value is -0.0800. The summed E-state index contributed by atoms with van der Waals surface area (Å²) in [6.07, 6.45) is 8.14. The van der Waals surface area contributed by atoms with Crippen molar-refractivity contribution in [2.24, 2.45) is 0 Å². The van der Waals surface area contributed by atoms with Crippen molar-refractivity contribution in [3.05, 3.63) is 0 Å². The van der Waals surface area contributed by atoms with Crippen molar-refractivity contribution in [1.82, 2.24) is 10.9 Å². The minimum Gasteiger partial charge on any atom is -0.240 e. The van der Waals surface area contributed by atoms with Crippen molar-refractivity contribution < 1.29 is 0 Å². The van der Waals surface area contributed by atoms with Crippen LogP contribution in [0.15, 0.2) is 0 Å². The first-order valence-electron chi connectivity index (χ1n) is 4.73. The van der Waals surface area contributed by atoms with Gasteiger partial charge in [-0.3, -0.25) is 0 Å². The molecule has 0 aromatic rings. The molecular formula is C9H21N2. The summed E-state index contributed by atoms with van der Waals surface area (Å²) in [5.41, 5.74) is 6.78. The molecule has 0 fully saturated rings. The molecule has 0 saturated heterocycles. The fourth-order valence-corrected chi connectivity index (χ4v) is 1.10. The molecule has 67 valence electrons. The van der Waals surface area contributed by atoms with E-state index in [2.05, 4.69) is 17.8 Å². The Balaban J connectivity index is 2.69. The molecule has 1 radical (unpaired) electrons. The van der Waals surface area contributed by atoms with Gasteiger partial charge in [0.25, 0.3) is 0 Å². The molecule has 0 spiro atoms. The highest BCUT2D eigenvalue weighted by Gasteiger charge is 1.88. The number of hydrogen-bond donors (Lipinski definition) is 1. The average molecular weight is 157 g/mol. The monoisotopic (exact) mass is 157 g/mol. The van der Waals surface area contributed by atoms with Crippen molar-refractivity contribution in [2.75, 3.05) is 13.6 Å². The van der Waals surface area contributed by atoms with E-state index in [0.29, 0.717) is 0 Å². The summed E-state index contributed by atoms with van der Waals surface area (Å²) in [6.45, 7) is 3.29. The van der Waals surface area contributed by atoms with Crippen LogP contribution in [0.3, 0.4) is 0 Å². The third-order valence-corrected chi connectivity index (χ3v) is 1.80. The summed E-state index contributed by atoms with van der Waals surface area (Å²) in [5.74, 6) is 0. The quantitative estimate of drug-likeness (QED) is 0.424. The standard InChI is InChI=1S/C9H21N2/c1-3-4-5-6-7-8-9-11-10-2/h11H,3-9H2,1-2H3. The van der Waals surface area contributed by atoms with Gasteiger partial charge in [-0.05, 0) is 6.42 Å². The zero-order valence-electron chi connectivity index (χ0n) is 7.90. The molecule has 0 atom stereocenters. The molecule has 0 aliphatic carbocycles. The number of nitrogens with one attached hydrogen (secondary N) is 1. The second kappa shape index (κ2) is 9.92. The largest absolute Gasteiger partial charge is 0.240 e. The van der Waals surface area contributed by atoms with E-state index in [-0.39, 0.29) is 0 Å². The Labute approximate surface area is 70.7 Å². The molecular weight excluding hydrogens is 136 g/mol. The van der Waals surface area contributed by atoms with Crippen LogP contribution in [-0.4, -0.2) is 13.6 Å². The molecule has 0 aliphatic heterocycles. The molecule has 0 bridgehead atoms. The van der Waals surface area contributed by atoms with Crippen LogP contribution in [0.4, 0.5) is 0 Å². The second-order valence-corrected chi connectivity index (χ2v) is 2.90. The van der Waals surface area contributed by atoms with Gasteiger partial charge >= 0.3 is 0 Å². The van der Waals surface area contributed by atoms with Crippen molar-refractivity contribution in [3.63, 3.8) is 0 Å². The highest BCUT2D eigenvalue weighted by atomic mass is 15.3. The normalized spacial score (nSPS) is 10.4. The van der Waals surface area contributed by atoms with E-state index in [1.54, 1.807) is 7.05 Å². The molecule has 2 heteroatoms. The minimum absolute atomic E-state index is 1.04. The number of nitrogens with zero attached hydrogens (tertiary/aromatic N) is 1. The van der Waals surface area contributed by atoms with Crippen molar-refractivity contribution in [3.8, 4) is 0 Å². The molecule has 0 aromatic heterocycles. The van der Waals surface area contributed by atoms with Gasteiger partial charge in [0.05, 0.1) is 0 Å². The molecule has 1 N–H and O–H groups in total. The number of unbranched alkanes of at least 4 members (excludes halogenated alkanes) is 5. The Morgan fingerprint density at radius 1 is 1.00 bits per heavy atom. The molecule has 0 unspecified atom stereocenters. The van der Waals surface area contributed by atoms with Crippen LogP contribution in [0, 0.1) is 0 Å². The first-order valence-corrected chi connectivity index (χ1v) is 4.73. The van der Waals surface area contributed by atoms with Crippen LogP contribution in [0.25, 0.3) is 0 Å². The molecule has 0 heterocycles. The maximum Gasteiger partial charge on any atom is 0.0190 e. The van der Waals surface area contributed by atoms with Crippen LogP contribution in [0.5, 0.6) is 0 Å². The summed E-state index contributed by atoms with van der Waals surface area (Å²) in [7, 11) is 1.79. The van der Waals surface area contributed by atoms with Crippen LogP contribution < -0.4 is 10.9 Å². The summed E-state index contributed by atoms with van der Waals surface area (Å²) in [5, 5.41) is 0. The molecule has 0 aliphatic rings. The highest BCUT2D eigenvalue weighted by Crippen LogP contribution is 2.03. The lowest BCUT2D eigenvalue weighted by Crippen LogP contribution is -2.21. The van der Waals surface area contributed by atoms with Crippen LogP contribution in [0.2, 0.25) is 0 Å². The molecule has 11 heavy (non-hydrogen) atoms. The van der Waals surface area contributed by atoms with Gasteiger partial charge in [0.1, 0.15) is 0 Å². The van der Waals surface area contributed by atoms with E-state index < -0.39 is 0 Å². The predicted octanol–water partition coefficient (Wildman–Crippen LogP) is 2.09. The van der Waals surface area contributed by atoms with Gasteiger partial charge in [0, 0.05) is 13.6 Å². The molecule has 2 nitrogen and oxygen atoms in total. The second-order valence-electron chi connectivity index (χ2n) is 2.90. The van der Waals surface area contributed by atoms with Gasteiger partial charge in [-0.2, -0.15) is 5.43 Å². The van der Waals surface area contributed by atoms with E-state index >= 15 is 0 Å². The summed E-state index contributed by atoms with van der Waals surface area (Å²) in [6, 6.07) is 0. The first-order chi connectivity index (χ1) is 5.41. The van der Waals surface area contributed by atoms with Gasteiger partial charge in [0.2, 0.25) is 0 Å². The topological polar surface area (TPSA) is 26.1 Å². The van der Waals surface area contributed by atoms with Crippen molar-refractivity contribution >= 4 is 0 Å². The first kappa shape index (κ1) is 10.9. The molecule has 0 amide bonds. The zero-order chi connectivity index (χ0) is 8.36. The smallest absolute Gasteiger partial charge is 0.0190 e. The van der Waals surface area contributed by atoms with Crippen LogP contribution in [0.1, 0.15) is 45.4 Å². The summed E-state index contributed by atoms with van der Waals surface area (Å²) in [4.78, 5) is 0. The predicted molar refractivity (Wildman–Crippen MR) is 49.4 cm³/mol. The lowest BCUT2D eigenvalue weighted by Gasteiger charge is -2.00. The van der Waals surface area contributed by atoms with Crippen molar-refractivity contribution in [2.45, 2.75) is 45.4 Å². The maximum absolute atomic E-state index is 3.82. The fraction of sp³-hybridized carbons (Fsp3) is 1.00. The molecule has 0 rings (SSSR count). The van der Waals surface area contributed by atoms with E-state index in [0.717, 1.165) is 6.54 Å². The summed E-state index contributed by atoms with van der Waals surface area (Å²) < 4.78 is 0. The van der Waals surface area contributed by atoms with Crippen molar-refractivity contribution in [1.29, 1.82) is 0 Å². The van der Waals surface area contributed by atoms with E-state index in [9.17, 15) is 0 Å². The van der Waals surface area contributed by atoms with E-state index in [4.69, 9.17) is 0 Å². The third-order valence-electron chi connectivity index (χ3n) is 1.80. The maximum atomic E-state index is 3.82. The van der Waals surface area contributed by atoms with Gasteiger partial charge in [-0.15, -0.1) is 0 Å². The van der Waals surface area contributed by atoms with E-state index in [1.807, 2.05) is 0 Å². The lowest BCUT2D eigenvalue weighted by atomic mass is 10.1. The zero-order valence-corrected chi connectivity index (χ0v) is 7.90. The third kappa shape index (κ3) is 9.92. The van der Waals surface area contributed by atoms with Crippen LogP contribution in [-0.2, 0) is 0 Å². The highest BCUT2D eigenvalue weighted by molar-refractivity contribution is 4.45. The fourth-order valence-electron chi connectivity index (χ4n) is 1.10.